The molecule has 0 amide bonds. The zero-order valence-corrected chi connectivity index (χ0v) is 15.1. The summed E-state index contributed by atoms with van der Waals surface area (Å²) in [6.45, 7) is 16.4. The van der Waals surface area contributed by atoms with Crippen LogP contribution in [0, 0.1) is 11.5 Å². The third-order valence-electron chi connectivity index (χ3n) is 4.43. The van der Waals surface area contributed by atoms with Gasteiger partial charge in [0.2, 0.25) is 0 Å². The van der Waals surface area contributed by atoms with Crippen LogP contribution < -0.4 is 0 Å². The summed E-state index contributed by atoms with van der Waals surface area (Å²) in [7, 11) is -1.30. The molecule has 0 aromatic heterocycles. The number of benzene rings is 1. The van der Waals surface area contributed by atoms with Gasteiger partial charge in [0.05, 0.1) is 0 Å². The molecule has 0 saturated heterocycles. The van der Waals surface area contributed by atoms with Gasteiger partial charge in [0.15, 0.2) is 0 Å². The molecule has 0 fully saturated rings. The Morgan fingerprint density at radius 1 is 0.900 bits per heavy atom. The van der Waals surface area contributed by atoms with E-state index in [1.165, 1.54) is 29.5 Å². The van der Waals surface area contributed by atoms with Crippen molar-refractivity contribution < 1.29 is 0 Å². The monoisotopic (exact) mass is 284 g/mol. The topological polar surface area (TPSA) is 0 Å². The maximum atomic E-state index is 3.48. The van der Waals surface area contributed by atoms with Gasteiger partial charge in [0.25, 0.3) is 0 Å². The highest BCUT2D eigenvalue weighted by molar-refractivity contribution is 6.83. The van der Waals surface area contributed by atoms with Crippen molar-refractivity contribution >= 4 is 8.07 Å². The fourth-order valence-electron chi connectivity index (χ4n) is 2.93. The molecule has 0 heterocycles. The van der Waals surface area contributed by atoms with Crippen molar-refractivity contribution in [2.24, 2.45) is 0 Å². The average Bonchev–Trinajstić information content (AvgIpc) is 2.32. The van der Waals surface area contributed by atoms with Crippen molar-refractivity contribution in [3.05, 3.63) is 34.9 Å². The molecule has 0 N–H and O–H groups in total. The van der Waals surface area contributed by atoms with Crippen LogP contribution in [0.2, 0.25) is 19.6 Å². The summed E-state index contributed by atoms with van der Waals surface area (Å²) in [6.07, 6.45) is 2.53. The minimum absolute atomic E-state index is 0.279. The Bertz CT molecular complexity index is 574. The minimum Gasteiger partial charge on any atom is -0.127 e. The van der Waals surface area contributed by atoms with Crippen molar-refractivity contribution in [3.63, 3.8) is 0 Å². The summed E-state index contributed by atoms with van der Waals surface area (Å²) in [5.74, 6) is 3.41. The first-order valence-corrected chi connectivity index (χ1v) is 11.2. The van der Waals surface area contributed by atoms with Crippen molar-refractivity contribution in [2.75, 3.05) is 0 Å². The molecule has 0 bridgehead atoms. The first-order valence-electron chi connectivity index (χ1n) is 7.70. The van der Waals surface area contributed by atoms with Gasteiger partial charge in [-0.3, -0.25) is 0 Å². The molecule has 0 saturated carbocycles. The molecule has 2 rings (SSSR count). The van der Waals surface area contributed by atoms with E-state index in [4.69, 9.17) is 0 Å². The van der Waals surface area contributed by atoms with Gasteiger partial charge < -0.3 is 0 Å². The van der Waals surface area contributed by atoms with Crippen LogP contribution in [0.25, 0.3) is 0 Å². The Morgan fingerprint density at radius 3 is 2.00 bits per heavy atom. The van der Waals surface area contributed by atoms with Gasteiger partial charge in [0, 0.05) is 5.56 Å². The van der Waals surface area contributed by atoms with Gasteiger partial charge in [-0.2, -0.15) is 0 Å². The Morgan fingerprint density at radius 2 is 1.45 bits per heavy atom. The molecule has 0 unspecified atom stereocenters. The predicted molar refractivity (Wildman–Crippen MR) is 92.0 cm³/mol. The van der Waals surface area contributed by atoms with Gasteiger partial charge >= 0.3 is 0 Å². The fourth-order valence-corrected chi connectivity index (χ4v) is 3.45. The summed E-state index contributed by atoms with van der Waals surface area (Å²) in [4.78, 5) is 0. The van der Waals surface area contributed by atoms with E-state index >= 15 is 0 Å². The van der Waals surface area contributed by atoms with Crippen molar-refractivity contribution in [1.82, 2.24) is 0 Å². The highest BCUT2D eigenvalue weighted by Gasteiger charge is 2.36. The molecule has 20 heavy (non-hydrogen) atoms. The summed E-state index contributed by atoms with van der Waals surface area (Å²) in [5, 5.41) is 0. The number of fused-ring (bicyclic) bond motifs is 1. The van der Waals surface area contributed by atoms with E-state index in [1.54, 1.807) is 0 Å². The second-order valence-corrected chi connectivity index (χ2v) is 13.3. The zero-order valence-electron chi connectivity index (χ0n) is 14.1. The third kappa shape index (κ3) is 3.18. The van der Waals surface area contributed by atoms with E-state index < -0.39 is 8.07 Å². The molecule has 0 aliphatic heterocycles. The first-order chi connectivity index (χ1) is 9.01. The second-order valence-electron chi connectivity index (χ2n) is 8.53. The number of hydrogen-bond donors (Lipinski definition) is 0. The quantitative estimate of drug-likeness (QED) is 0.450. The maximum absolute atomic E-state index is 3.48. The van der Waals surface area contributed by atoms with Crippen molar-refractivity contribution in [3.8, 4) is 11.5 Å². The molecule has 0 nitrogen and oxygen atoms in total. The fraction of sp³-hybridized carbons (Fsp3) is 0.579. The standard InChI is InChI=1S/C19H28Si/c1-18(2)11-12-19(3,4)17-14-15(8-9-16(17)18)10-13-20(5,6)7/h8-9,14H,11-12H2,1-7H3. The second kappa shape index (κ2) is 4.78. The number of hydrogen-bond acceptors (Lipinski definition) is 0. The summed E-state index contributed by atoms with van der Waals surface area (Å²) < 4.78 is 0. The van der Waals surface area contributed by atoms with Crippen LogP contribution in [0.1, 0.15) is 57.2 Å². The molecule has 108 valence electrons. The highest BCUT2D eigenvalue weighted by Crippen LogP contribution is 2.45. The molecule has 1 heteroatoms. The van der Waals surface area contributed by atoms with Gasteiger partial charge in [-0.15, -0.1) is 5.54 Å². The largest absolute Gasteiger partial charge is 0.129 e. The normalized spacial score (nSPS) is 19.8. The SMILES string of the molecule is CC1(C)CCC(C)(C)c2cc(C#C[Si](C)(C)C)ccc21. The van der Waals surface area contributed by atoms with E-state index in [1.807, 2.05) is 0 Å². The van der Waals surface area contributed by atoms with Gasteiger partial charge in [-0.25, -0.2) is 0 Å². The highest BCUT2D eigenvalue weighted by atomic mass is 28.3. The Balaban J connectivity index is 2.51. The van der Waals surface area contributed by atoms with Crippen molar-refractivity contribution in [1.29, 1.82) is 0 Å². The summed E-state index contributed by atoms with van der Waals surface area (Å²) in [5.41, 5.74) is 8.29. The van der Waals surface area contributed by atoms with Crippen LogP contribution in [-0.4, -0.2) is 8.07 Å². The lowest BCUT2D eigenvalue weighted by atomic mass is 9.63. The van der Waals surface area contributed by atoms with Crippen LogP contribution in [0.5, 0.6) is 0 Å². The molecule has 1 aromatic rings. The lowest BCUT2D eigenvalue weighted by Gasteiger charge is -2.41. The average molecular weight is 285 g/mol. The molecule has 0 radical (unpaired) electrons. The van der Waals surface area contributed by atoms with Crippen LogP contribution in [0.15, 0.2) is 18.2 Å². The Labute approximate surface area is 126 Å². The van der Waals surface area contributed by atoms with Crippen LogP contribution in [0.3, 0.4) is 0 Å². The predicted octanol–water partition coefficient (Wildman–Crippen LogP) is 5.26. The molecule has 1 aliphatic rings. The molecule has 1 aliphatic carbocycles. The lowest BCUT2D eigenvalue weighted by Crippen LogP contribution is -2.33. The van der Waals surface area contributed by atoms with E-state index in [2.05, 4.69) is 77.0 Å². The van der Waals surface area contributed by atoms with E-state index in [9.17, 15) is 0 Å². The molecular weight excluding hydrogens is 256 g/mol. The lowest BCUT2D eigenvalue weighted by molar-refractivity contribution is 0.332. The third-order valence-corrected chi connectivity index (χ3v) is 5.31. The van der Waals surface area contributed by atoms with Crippen LogP contribution >= 0.6 is 0 Å². The van der Waals surface area contributed by atoms with Gasteiger partial charge in [-0.05, 0) is 46.9 Å². The van der Waals surface area contributed by atoms with E-state index in [0.29, 0.717) is 5.41 Å². The van der Waals surface area contributed by atoms with E-state index in [-0.39, 0.29) is 5.41 Å². The Kier molecular flexibility index (Phi) is 3.67. The Hall–Kier alpha value is -1.00. The molecule has 0 atom stereocenters. The van der Waals surface area contributed by atoms with Crippen LogP contribution in [0.4, 0.5) is 0 Å². The van der Waals surface area contributed by atoms with E-state index in [0.717, 1.165) is 0 Å². The minimum atomic E-state index is -1.30. The van der Waals surface area contributed by atoms with Crippen molar-refractivity contribution in [2.45, 2.75) is 71.0 Å². The smallest absolute Gasteiger partial charge is 0.127 e. The van der Waals surface area contributed by atoms with Gasteiger partial charge in [-0.1, -0.05) is 59.3 Å². The maximum Gasteiger partial charge on any atom is 0.129 e. The zero-order chi connectivity index (χ0) is 15.2. The summed E-state index contributed by atoms with van der Waals surface area (Å²) in [6, 6.07) is 6.89. The molecular formula is C19H28Si. The first kappa shape index (κ1) is 15.4. The molecule has 0 spiro atoms. The molecule has 1 aromatic carbocycles. The number of rotatable bonds is 0. The van der Waals surface area contributed by atoms with Gasteiger partial charge in [0.1, 0.15) is 8.07 Å². The van der Waals surface area contributed by atoms with Crippen LogP contribution in [-0.2, 0) is 10.8 Å². The summed E-state index contributed by atoms with van der Waals surface area (Å²) >= 11 is 0.